The van der Waals surface area contributed by atoms with Gasteiger partial charge >= 0.3 is 0 Å². The molecule has 0 aliphatic carbocycles. The maximum atomic E-state index is 12.9. The molecule has 5 rings (SSSR count). The topological polar surface area (TPSA) is 37.3 Å². The van der Waals surface area contributed by atoms with Crippen molar-refractivity contribution in [2.45, 2.75) is 32.4 Å². The number of para-hydroxylation sites is 1. The largest absolute Gasteiger partial charge is 0.349 e. The molecule has 0 unspecified atom stereocenters. The third kappa shape index (κ3) is 4.29. The van der Waals surface area contributed by atoms with E-state index in [1.807, 2.05) is 6.07 Å². The molecule has 1 aliphatic heterocycles. The van der Waals surface area contributed by atoms with Gasteiger partial charge in [0.15, 0.2) is 0 Å². The van der Waals surface area contributed by atoms with Crippen LogP contribution < -0.4 is 5.32 Å². The maximum Gasteiger partial charge on any atom is 0.261 e. The Kier molecular flexibility index (Phi) is 5.62. The molecular formula is C26H27N3OS. The Morgan fingerprint density at radius 1 is 1.00 bits per heavy atom. The number of aromatic nitrogens is 1. The van der Waals surface area contributed by atoms with E-state index in [1.54, 1.807) is 11.3 Å². The van der Waals surface area contributed by atoms with Crippen LogP contribution in [0.25, 0.3) is 15.9 Å². The third-order valence-electron chi connectivity index (χ3n) is 6.10. The highest BCUT2D eigenvalue weighted by molar-refractivity contribution is 7.16. The number of amides is 1. The van der Waals surface area contributed by atoms with Crippen LogP contribution in [0.3, 0.4) is 0 Å². The van der Waals surface area contributed by atoms with Crippen LogP contribution in [0, 0.1) is 6.92 Å². The summed E-state index contributed by atoms with van der Waals surface area (Å²) in [4.78, 5) is 16.1. The fraction of sp³-hybridized carbons (Fsp3) is 0.269. The number of thiophene rings is 1. The van der Waals surface area contributed by atoms with E-state index < -0.39 is 0 Å². The highest BCUT2D eigenvalue weighted by Gasteiger charge is 2.22. The van der Waals surface area contributed by atoms with E-state index >= 15 is 0 Å². The van der Waals surface area contributed by atoms with Gasteiger partial charge in [0, 0.05) is 36.8 Å². The second-order valence-corrected chi connectivity index (χ2v) is 9.39. The minimum atomic E-state index is 0.0480. The first-order chi connectivity index (χ1) is 15.2. The maximum absolute atomic E-state index is 12.9. The number of aryl methyl sites for hydroxylation is 1. The molecule has 2 aromatic heterocycles. The van der Waals surface area contributed by atoms with Crippen molar-refractivity contribution in [3.8, 4) is 5.00 Å². The van der Waals surface area contributed by atoms with Gasteiger partial charge in [-0.05, 0) is 49.6 Å². The van der Waals surface area contributed by atoms with Crippen LogP contribution >= 0.6 is 11.3 Å². The summed E-state index contributed by atoms with van der Waals surface area (Å²) in [6.45, 7) is 5.14. The van der Waals surface area contributed by atoms with E-state index in [2.05, 4.69) is 88.4 Å². The van der Waals surface area contributed by atoms with Gasteiger partial charge in [-0.2, -0.15) is 0 Å². The summed E-state index contributed by atoms with van der Waals surface area (Å²) in [6, 6.07) is 25.4. The van der Waals surface area contributed by atoms with E-state index in [0.717, 1.165) is 42.4 Å². The van der Waals surface area contributed by atoms with E-state index in [0.29, 0.717) is 0 Å². The normalized spacial score (nSPS) is 15.4. The van der Waals surface area contributed by atoms with E-state index in [9.17, 15) is 4.79 Å². The average Bonchev–Trinajstić information content (AvgIpc) is 3.39. The van der Waals surface area contributed by atoms with Gasteiger partial charge in [-0.3, -0.25) is 9.69 Å². The number of nitrogens with zero attached hydrogens (tertiary/aromatic N) is 2. The van der Waals surface area contributed by atoms with Gasteiger partial charge in [0.25, 0.3) is 5.91 Å². The van der Waals surface area contributed by atoms with Crippen LogP contribution in [-0.4, -0.2) is 34.5 Å². The summed E-state index contributed by atoms with van der Waals surface area (Å²) in [5, 5.41) is 5.57. The SMILES string of the molecule is Cc1cc2ccccc2n1-c1ccc(C(=O)NC2CCN(Cc3ccccc3)CC2)s1. The standard InChI is InChI=1S/C26H27N3OS/c1-19-17-21-9-5-6-10-23(21)29(19)25-12-11-24(31-25)26(30)27-22-13-15-28(16-14-22)18-20-7-3-2-4-8-20/h2-12,17,22H,13-16,18H2,1H3,(H,27,30). The minimum Gasteiger partial charge on any atom is -0.349 e. The first-order valence-electron chi connectivity index (χ1n) is 10.9. The van der Waals surface area contributed by atoms with Crippen molar-refractivity contribution >= 4 is 28.1 Å². The fourth-order valence-corrected chi connectivity index (χ4v) is 5.47. The van der Waals surface area contributed by atoms with Gasteiger partial charge in [-0.1, -0.05) is 48.5 Å². The Labute approximate surface area is 187 Å². The fourth-order valence-electron chi connectivity index (χ4n) is 4.49. The molecule has 1 amide bonds. The van der Waals surface area contributed by atoms with Gasteiger partial charge in [0.1, 0.15) is 5.00 Å². The second kappa shape index (κ2) is 8.69. The summed E-state index contributed by atoms with van der Waals surface area (Å²) >= 11 is 1.56. The van der Waals surface area contributed by atoms with Crippen LogP contribution in [0.15, 0.2) is 72.8 Å². The number of nitrogens with one attached hydrogen (secondary N) is 1. The molecule has 4 nitrogen and oxygen atoms in total. The van der Waals surface area contributed by atoms with Crippen LogP contribution in [0.2, 0.25) is 0 Å². The smallest absolute Gasteiger partial charge is 0.261 e. The van der Waals surface area contributed by atoms with E-state index in [4.69, 9.17) is 0 Å². The number of benzene rings is 2. The van der Waals surface area contributed by atoms with Crippen molar-refractivity contribution in [3.05, 3.63) is 88.9 Å². The lowest BCUT2D eigenvalue weighted by Gasteiger charge is -2.32. The number of hydrogen-bond donors (Lipinski definition) is 1. The van der Waals surface area contributed by atoms with E-state index in [1.165, 1.54) is 22.2 Å². The quantitative estimate of drug-likeness (QED) is 0.462. The van der Waals surface area contributed by atoms with Gasteiger partial charge in [-0.25, -0.2) is 0 Å². The number of piperidine rings is 1. The Balaban J connectivity index is 1.21. The monoisotopic (exact) mass is 429 g/mol. The lowest BCUT2D eigenvalue weighted by molar-refractivity contribution is 0.0913. The number of fused-ring (bicyclic) bond motifs is 1. The summed E-state index contributed by atoms with van der Waals surface area (Å²) < 4.78 is 2.23. The van der Waals surface area contributed by atoms with Crippen molar-refractivity contribution in [3.63, 3.8) is 0 Å². The molecule has 0 radical (unpaired) electrons. The summed E-state index contributed by atoms with van der Waals surface area (Å²) in [5.41, 5.74) is 3.71. The molecule has 4 aromatic rings. The zero-order valence-electron chi connectivity index (χ0n) is 17.8. The first kappa shape index (κ1) is 20.0. The molecule has 158 valence electrons. The van der Waals surface area contributed by atoms with E-state index in [-0.39, 0.29) is 11.9 Å². The number of carbonyl (C=O) groups excluding carboxylic acids is 1. The molecule has 1 saturated heterocycles. The molecular weight excluding hydrogens is 402 g/mol. The molecule has 0 bridgehead atoms. The highest BCUT2D eigenvalue weighted by atomic mass is 32.1. The average molecular weight is 430 g/mol. The zero-order valence-corrected chi connectivity index (χ0v) is 18.6. The van der Waals surface area contributed by atoms with Crippen LogP contribution in [0.5, 0.6) is 0 Å². The number of likely N-dealkylation sites (tertiary alicyclic amines) is 1. The summed E-state index contributed by atoms with van der Waals surface area (Å²) in [7, 11) is 0. The van der Waals surface area contributed by atoms with Crippen molar-refractivity contribution < 1.29 is 4.79 Å². The minimum absolute atomic E-state index is 0.0480. The Bertz CT molecular complexity index is 1190. The summed E-state index contributed by atoms with van der Waals surface area (Å²) in [5.74, 6) is 0.0480. The third-order valence-corrected chi connectivity index (χ3v) is 7.17. The van der Waals surface area contributed by atoms with Gasteiger partial charge in [0.05, 0.1) is 10.4 Å². The van der Waals surface area contributed by atoms with Crippen molar-refractivity contribution in [1.29, 1.82) is 0 Å². The Hall–Kier alpha value is -2.89. The molecule has 0 spiro atoms. The highest BCUT2D eigenvalue weighted by Crippen LogP contribution is 2.29. The lowest BCUT2D eigenvalue weighted by atomic mass is 10.0. The van der Waals surface area contributed by atoms with Gasteiger partial charge in [0.2, 0.25) is 0 Å². The molecule has 5 heteroatoms. The molecule has 0 atom stereocenters. The van der Waals surface area contributed by atoms with Gasteiger partial charge in [-0.15, -0.1) is 11.3 Å². The van der Waals surface area contributed by atoms with Crippen molar-refractivity contribution in [2.75, 3.05) is 13.1 Å². The molecule has 1 aliphatic rings. The Morgan fingerprint density at radius 2 is 1.74 bits per heavy atom. The lowest BCUT2D eigenvalue weighted by Crippen LogP contribution is -2.44. The predicted molar refractivity (Wildman–Crippen MR) is 128 cm³/mol. The van der Waals surface area contributed by atoms with Gasteiger partial charge < -0.3 is 9.88 Å². The molecule has 3 heterocycles. The molecule has 2 aromatic carbocycles. The predicted octanol–water partition coefficient (Wildman–Crippen LogP) is 5.39. The molecule has 31 heavy (non-hydrogen) atoms. The molecule has 1 N–H and O–H groups in total. The van der Waals surface area contributed by atoms with Crippen LogP contribution in [0.4, 0.5) is 0 Å². The van der Waals surface area contributed by atoms with Crippen molar-refractivity contribution in [2.24, 2.45) is 0 Å². The number of hydrogen-bond acceptors (Lipinski definition) is 3. The molecule has 0 saturated carbocycles. The van der Waals surface area contributed by atoms with Crippen LogP contribution in [-0.2, 0) is 6.54 Å². The Morgan fingerprint density at radius 3 is 2.55 bits per heavy atom. The van der Waals surface area contributed by atoms with Crippen molar-refractivity contribution in [1.82, 2.24) is 14.8 Å². The zero-order chi connectivity index (χ0) is 21.2. The molecule has 1 fully saturated rings. The number of rotatable bonds is 5. The number of carbonyl (C=O) groups is 1. The second-order valence-electron chi connectivity index (χ2n) is 8.33. The summed E-state index contributed by atoms with van der Waals surface area (Å²) in [6.07, 6.45) is 2.00. The first-order valence-corrected chi connectivity index (χ1v) is 11.7. The van der Waals surface area contributed by atoms with Crippen LogP contribution in [0.1, 0.15) is 33.8 Å².